The Morgan fingerprint density at radius 2 is 1.88 bits per heavy atom. The van der Waals surface area contributed by atoms with E-state index in [9.17, 15) is 9.59 Å². The Labute approximate surface area is 148 Å². The summed E-state index contributed by atoms with van der Waals surface area (Å²) in [5.41, 5.74) is 0.877. The summed E-state index contributed by atoms with van der Waals surface area (Å²) < 4.78 is 10.5. The Kier molecular flexibility index (Phi) is 5.18. The van der Waals surface area contributed by atoms with Crippen LogP contribution in [0.15, 0.2) is 30.3 Å². The van der Waals surface area contributed by atoms with Gasteiger partial charge < -0.3 is 14.4 Å². The number of halogens is 1. The zero-order valence-corrected chi connectivity index (χ0v) is 14.7. The highest BCUT2D eigenvalue weighted by atomic mass is 35.5. The highest BCUT2D eigenvalue weighted by molar-refractivity contribution is 7.18. The third-order valence-electron chi connectivity index (χ3n) is 3.58. The van der Waals surface area contributed by atoms with Gasteiger partial charge in [0.05, 0.1) is 18.1 Å². The van der Waals surface area contributed by atoms with Crippen molar-refractivity contribution in [1.29, 1.82) is 0 Å². The first-order chi connectivity index (χ1) is 11.6. The van der Waals surface area contributed by atoms with Crippen molar-refractivity contribution in [3.8, 4) is 16.2 Å². The first-order valence-corrected chi connectivity index (χ1v) is 8.70. The number of amides is 1. The molecule has 3 rings (SSSR count). The molecule has 0 spiro atoms. The summed E-state index contributed by atoms with van der Waals surface area (Å²) in [5, 5.41) is 0.290. The van der Waals surface area contributed by atoms with Crippen LogP contribution in [0, 0.1) is 0 Å². The highest BCUT2D eigenvalue weighted by Crippen LogP contribution is 2.46. The van der Waals surface area contributed by atoms with Gasteiger partial charge in [0, 0.05) is 20.0 Å². The molecule has 1 aliphatic heterocycles. The number of nitrogens with zero attached hydrogens (tertiary/aromatic N) is 1. The number of esters is 1. The number of hydrogen-bond acceptors (Lipinski definition) is 5. The molecule has 7 heteroatoms. The third kappa shape index (κ3) is 3.45. The fourth-order valence-electron chi connectivity index (χ4n) is 2.46. The quantitative estimate of drug-likeness (QED) is 0.781. The van der Waals surface area contributed by atoms with Crippen molar-refractivity contribution < 1.29 is 19.1 Å². The van der Waals surface area contributed by atoms with E-state index < -0.39 is 5.97 Å². The van der Waals surface area contributed by atoms with Crippen LogP contribution in [-0.4, -0.2) is 43.1 Å². The molecule has 0 N–H and O–H groups in total. The van der Waals surface area contributed by atoms with Crippen LogP contribution in [0.3, 0.4) is 0 Å². The van der Waals surface area contributed by atoms with Gasteiger partial charge in [-0.05, 0) is 5.56 Å². The van der Waals surface area contributed by atoms with Gasteiger partial charge in [-0.25, -0.2) is 0 Å². The van der Waals surface area contributed by atoms with Gasteiger partial charge in [-0.1, -0.05) is 41.9 Å². The Morgan fingerprint density at radius 1 is 1.21 bits per heavy atom. The van der Waals surface area contributed by atoms with E-state index in [1.54, 1.807) is 4.90 Å². The average Bonchev–Trinajstić information content (AvgIpc) is 2.92. The Morgan fingerprint density at radius 3 is 2.50 bits per heavy atom. The SMILES string of the molecule is CC(=O)Oc1c(C(=O)N2CCOCC2)sc(-c2ccccc2)c1Cl. The van der Waals surface area contributed by atoms with E-state index >= 15 is 0 Å². The average molecular weight is 366 g/mol. The van der Waals surface area contributed by atoms with E-state index in [0.29, 0.717) is 36.1 Å². The Bertz CT molecular complexity index is 753. The maximum atomic E-state index is 12.8. The minimum absolute atomic E-state index is 0.143. The summed E-state index contributed by atoms with van der Waals surface area (Å²) in [6.07, 6.45) is 0. The fraction of sp³-hybridized carbons (Fsp3) is 0.294. The molecule has 0 saturated carbocycles. The van der Waals surface area contributed by atoms with Crippen molar-refractivity contribution in [1.82, 2.24) is 4.90 Å². The molecule has 1 aliphatic rings. The molecule has 1 fully saturated rings. The molecule has 1 saturated heterocycles. The summed E-state index contributed by atoms with van der Waals surface area (Å²) >= 11 is 7.67. The molecule has 0 atom stereocenters. The molecule has 2 heterocycles. The van der Waals surface area contributed by atoms with Gasteiger partial charge >= 0.3 is 5.97 Å². The first-order valence-electron chi connectivity index (χ1n) is 7.51. The van der Waals surface area contributed by atoms with Crippen LogP contribution in [0.4, 0.5) is 0 Å². The van der Waals surface area contributed by atoms with Gasteiger partial charge in [0.15, 0.2) is 5.75 Å². The van der Waals surface area contributed by atoms with Crippen molar-refractivity contribution in [2.24, 2.45) is 0 Å². The first kappa shape index (κ1) is 17.0. The molecule has 126 valence electrons. The second kappa shape index (κ2) is 7.34. The molecule has 2 aromatic rings. The topological polar surface area (TPSA) is 55.8 Å². The zero-order valence-electron chi connectivity index (χ0n) is 13.1. The molecule has 1 aromatic heterocycles. The van der Waals surface area contributed by atoms with Crippen LogP contribution in [-0.2, 0) is 9.53 Å². The summed E-state index contributed by atoms with van der Waals surface area (Å²) in [6.45, 7) is 3.31. The second-order valence-corrected chi connectivity index (χ2v) is 6.67. The summed E-state index contributed by atoms with van der Waals surface area (Å²) in [4.78, 5) is 27.0. The van der Waals surface area contributed by atoms with Gasteiger partial charge in [-0.3, -0.25) is 9.59 Å². The maximum absolute atomic E-state index is 12.8. The number of carbonyl (C=O) groups excluding carboxylic acids is 2. The number of morpholine rings is 1. The minimum Gasteiger partial charge on any atom is -0.423 e. The molecule has 24 heavy (non-hydrogen) atoms. The van der Waals surface area contributed by atoms with Gasteiger partial charge in [-0.2, -0.15) is 0 Å². The van der Waals surface area contributed by atoms with Crippen molar-refractivity contribution in [3.63, 3.8) is 0 Å². The van der Waals surface area contributed by atoms with Crippen LogP contribution < -0.4 is 4.74 Å². The lowest BCUT2D eigenvalue weighted by atomic mass is 10.2. The van der Waals surface area contributed by atoms with E-state index in [1.807, 2.05) is 30.3 Å². The molecule has 0 radical (unpaired) electrons. The summed E-state index contributed by atoms with van der Waals surface area (Å²) in [5.74, 6) is -0.557. The lowest BCUT2D eigenvalue weighted by molar-refractivity contribution is -0.131. The standard InChI is InChI=1S/C17H16ClNO4S/c1-11(20)23-14-13(18)15(12-5-3-2-4-6-12)24-16(14)17(21)19-7-9-22-10-8-19/h2-6H,7-10H2,1H3. The number of thiophene rings is 1. The van der Waals surface area contributed by atoms with Crippen molar-refractivity contribution >= 4 is 34.8 Å². The minimum atomic E-state index is -0.509. The molecular weight excluding hydrogens is 350 g/mol. The van der Waals surface area contributed by atoms with Crippen LogP contribution in [0.2, 0.25) is 5.02 Å². The predicted octanol–water partition coefficient (Wildman–Crippen LogP) is 3.47. The summed E-state index contributed by atoms with van der Waals surface area (Å²) in [6, 6.07) is 9.48. The number of ether oxygens (including phenoxy) is 2. The maximum Gasteiger partial charge on any atom is 0.308 e. The molecule has 0 unspecified atom stereocenters. The van der Waals surface area contributed by atoms with Gasteiger partial charge in [0.25, 0.3) is 5.91 Å². The van der Waals surface area contributed by atoms with Gasteiger partial charge in [0.1, 0.15) is 9.90 Å². The van der Waals surface area contributed by atoms with E-state index in [4.69, 9.17) is 21.1 Å². The van der Waals surface area contributed by atoms with Crippen molar-refractivity contribution in [2.45, 2.75) is 6.92 Å². The predicted molar refractivity (Wildman–Crippen MR) is 92.8 cm³/mol. The highest BCUT2D eigenvalue weighted by Gasteiger charge is 2.29. The van der Waals surface area contributed by atoms with Crippen molar-refractivity contribution in [2.75, 3.05) is 26.3 Å². The summed E-state index contributed by atoms with van der Waals surface area (Å²) in [7, 11) is 0. The molecule has 1 amide bonds. The second-order valence-electron chi connectivity index (χ2n) is 5.27. The largest absolute Gasteiger partial charge is 0.423 e. The van der Waals surface area contributed by atoms with Crippen LogP contribution in [0.25, 0.3) is 10.4 Å². The lowest BCUT2D eigenvalue weighted by Gasteiger charge is -2.26. The molecular formula is C17H16ClNO4S. The molecule has 5 nitrogen and oxygen atoms in total. The fourth-order valence-corrected chi connectivity index (χ4v) is 3.96. The third-order valence-corrected chi connectivity index (χ3v) is 5.26. The van der Waals surface area contributed by atoms with E-state index in [-0.39, 0.29) is 16.7 Å². The van der Waals surface area contributed by atoms with Crippen LogP contribution in [0.1, 0.15) is 16.6 Å². The van der Waals surface area contributed by atoms with E-state index in [0.717, 1.165) is 5.56 Å². The van der Waals surface area contributed by atoms with Crippen molar-refractivity contribution in [3.05, 3.63) is 40.2 Å². The van der Waals surface area contributed by atoms with Crippen LogP contribution in [0.5, 0.6) is 5.75 Å². The Hall–Kier alpha value is -1.89. The normalized spacial score (nSPS) is 14.5. The lowest BCUT2D eigenvalue weighted by Crippen LogP contribution is -2.40. The van der Waals surface area contributed by atoms with Gasteiger partial charge in [-0.15, -0.1) is 11.3 Å². The number of rotatable bonds is 3. The van der Waals surface area contributed by atoms with E-state index in [1.165, 1.54) is 18.3 Å². The van der Waals surface area contributed by atoms with Crippen LogP contribution >= 0.6 is 22.9 Å². The molecule has 0 bridgehead atoms. The van der Waals surface area contributed by atoms with E-state index in [2.05, 4.69) is 0 Å². The number of carbonyl (C=O) groups is 2. The number of benzene rings is 1. The van der Waals surface area contributed by atoms with Gasteiger partial charge in [0.2, 0.25) is 0 Å². The Balaban J connectivity index is 2.03. The molecule has 0 aliphatic carbocycles. The molecule has 1 aromatic carbocycles. The number of hydrogen-bond donors (Lipinski definition) is 0. The smallest absolute Gasteiger partial charge is 0.308 e. The monoisotopic (exact) mass is 365 g/mol. The zero-order chi connectivity index (χ0) is 17.1.